The molecule has 4 nitrogen and oxygen atoms in total. The lowest BCUT2D eigenvalue weighted by Crippen LogP contribution is -2.22. The van der Waals surface area contributed by atoms with Gasteiger partial charge in [0, 0.05) is 23.7 Å². The van der Waals surface area contributed by atoms with Gasteiger partial charge < -0.3 is 0 Å². The van der Waals surface area contributed by atoms with Crippen LogP contribution in [0.2, 0.25) is 0 Å². The number of rotatable bonds is 3. The van der Waals surface area contributed by atoms with Crippen LogP contribution in [0.1, 0.15) is 12.5 Å². The van der Waals surface area contributed by atoms with Crippen molar-refractivity contribution in [2.24, 2.45) is 0 Å². The van der Waals surface area contributed by atoms with E-state index in [0.29, 0.717) is 22.9 Å². The summed E-state index contributed by atoms with van der Waals surface area (Å²) in [6.07, 6.45) is 3.72. The van der Waals surface area contributed by atoms with Crippen molar-refractivity contribution in [3.63, 3.8) is 0 Å². The van der Waals surface area contributed by atoms with Gasteiger partial charge in [-0.2, -0.15) is 0 Å². The van der Waals surface area contributed by atoms with Crippen LogP contribution in [-0.2, 0) is 6.54 Å². The van der Waals surface area contributed by atoms with Gasteiger partial charge in [0.25, 0.3) is 5.56 Å². The van der Waals surface area contributed by atoms with Gasteiger partial charge in [-0.15, -0.1) is 0 Å². The number of aromatic nitrogens is 3. The summed E-state index contributed by atoms with van der Waals surface area (Å²) in [6.45, 7) is 4.56. The minimum absolute atomic E-state index is 0.00458. The van der Waals surface area contributed by atoms with Crippen LogP contribution in [0.15, 0.2) is 46.5 Å². The third kappa shape index (κ3) is 2.41. The molecular formula is C17H17N3OS. The molecule has 0 saturated carbocycles. The fourth-order valence-corrected chi connectivity index (χ4v) is 2.94. The van der Waals surface area contributed by atoms with Gasteiger partial charge in [-0.05, 0) is 37.3 Å². The van der Waals surface area contributed by atoms with E-state index < -0.39 is 0 Å². The molecule has 0 spiro atoms. The summed E-state index contributed by atoms with van der Waals surface area (Å²) in [7, 11) is 0. The Bertz CT molecular complexity index is 902. The van der Waals surface area contributed by atoms with E-state index >= 15 is 0 Å². The first-order valence-electron chi connectivity index (χ1n) is 7.16. The summed E-state index contributed by atoms with van der Waals surface area (Å²) in [5, 5.41) is 1.57. The number of pyridine rings is 1. The molecule has 0 saturated heterocycles. The zero-order chi connectivity index (χ0) is 15.7. The molecule has 0 bridgehead atoms. The summed E-state index contributed by atoms with van der Waals surface area (Å²) in [4.78, 5) is 21.7. The molecule has 0 aliphatic carbocycles. The van der Waals surface area contributed by atoms with E-state index in [2.05, 4.69) is 9.97 Å². The molecule has 5 heteroatoms. The van der Waals surface area contributed by atoms with Crippen LogP contribution in [0.5, 0.6) is 0 Å². The summed E-state index contributed by atoms with van der Waals surface area (Å²) >= 11 is 1.47. The molecule has 0 N–H and O–H groups in total. The van der Waals surface area contributed by atoms with E-state index in [-0.39, 0.29) is 5.56 Å². The first-order valence-corrected chi connectivity index (χ1v) is 8.38. The van der Waals surface area contributed by atoms with Crippen molar-refractivity contribution < 1.29 is 0 Å². The maximum absolute atomic E-state index is 12.9. The molecule has 0 unspecified atom stereocenters. The molecule has 112 valence electrons. The van der Waals surface area contributed by atoms with Crippen molar-refractivity contribution in [1.82, 2.24) is 14.5 Å². The first-order chi connectivity index (χ1) is 10.7. The molecule has 22 heavy (non-hydrogen) atoms. The molecule has 0 aliphatic rings. The second-order valence-electron chi connectivity index (χ2n) is 5.06. The normalized spacial score (nSPS) is 11.0. The minimum atomic E-state index is -0.00458. The van der Waals surface area contributed by atoms with E-state index in [0.717, 1.165) is 16.5 Å². The second kappa shape index (κ2) is 5.93. The summed E-state index contributed by atoms with van der Waals surface area (Å²) in [5.74, 6) is 0. The summed E-state index contributed by atoms with van der Waals surface area (Å²) in [5.41, 5.74) is 3.45. The Balaban J connectivity index is 2.37. The molecule has 2 heterocycles. The quantitative estimate of drug-likeness (QED) is 0.548. The standard InChI is InChI=1S/C17H17N3OS/c1-4-20-15-12(10-18-17(19-15)22-3)9-14(16(20)21)13-8-6-5-7-11(13)2/h5-10H,4H2,1-3H3. The molecule has 0 fully saturated rings. The monoisotopic (exact) mass is 311 g/mol. The average molecular weight is 311 g/mol. The molecule has 2 aromatic heterocycles. The van der Waals surface area contributed by atoms with Crippen molar-refractivity contribution in [2.45, 2.75) is 25.5 Å². The van der Waals surface area contributed by atoms with Crippen molar-refractivity contribution in [3.8, 4) is 11.1 Å². The number of fused-ring (bicyclic) bond motifs is 1. The van der Waals surface area contributed by atoms with E-state index in [1.54, 1.807) is 10.8 Å². The van der Waals surface area contributed by atoms with Gasteiger partial charge in [-0.3, -0.25) is 9.36 Å². The van der Waals surface area contributed by atoms with E-state index in [4.69, 9.17) is 0 Å². The van der Waals surface area contributed by atoms with Crippen LogP contribution in [0, 0.1) is 6.92 Å². The Kier molecular flexibility index (Phi) is 3.98. The number of hydrogen-bond acceptors (Lipinski definition) is 4. The molecule has 0 amide bonds. The van der Waals surface area contributed by atoms with Crippen molar-refractivity contribution in [2.75, 3.05) is 6.26 Å². The zero-order valence-corrected chi connectivity index (χ0v) is 13.6. The van der Waals surface area contributed by atoms with Crippen LogP contribution < -0.4 is 5.56 Å². The highest BCUT2D eigenvalue weighted by molar-refractivity contribution is 7.98. The minimum Gasteiger partial charge on any atom is -0.292 e. The van der Waals surface area contributed by atoms with Gasteiger partial charge in [-0.1, -0.05) is 36.0 Å². The highest BCUT2D eigenvalue weighted by atomic mass is 32.2. The topological polar surface area (TPSA) is 47.8 Å². The molecule has 3 aromatic rings. The predicted octanol–water partition coefficient (Wildman–Crippen LogP) is 3.51. The number of thioether (sulfide) groups is 1. The predicted molar refractivity (Wildman–Crippen MR) is 91.4 cm³/mol. The largest absolute Gasteiger partial charge is 0.292 e. The number of benzene rings is 1. The van der Waals surface area contributed by atoms with Crippen LogP contribution in [0.3, 0.4) is 0 Å². The molecule has 0 atom stereocenters. The van der Waals surface area contributed by atoms with Gasteiger partial charge in [0.2, 0.25) is 0 Å². The smallest absolute Gasteiger partial charge is 0.260 e. The van der Waals surface area contributed by atoms with Crippen molar-refractivity contribution in [1.29, 1.82) is 0 Å². The van der Waals surface area contributed by atoms with Gasteiger partial charge in [0.05, 0.1) is 0 Å². The molecule has 0 radical (unpaired) electrons. The van der Waals surface area contributed by atoms with Gasteiger partial charge in [0.15, 0.2) is 5.16 Å². The van der Waals surface area contributed by atoms with E-state index in [1.165, 1.54) is 11.8 Å². The fourth-order valence-electron chi connectivity index (χ4n) is 2.60. The van der Waals surface area contributed by atoms with Crippen molar-refractivity contribution >= 4 is 22.8 Å². The Labute approximate surface area is 133 Å². The Hall–Kier alpha value is -2.14. The molecule has 1 aromatic carbocycles. The molecule has 0 aliphatic heterocycles. The van der Waals surface area contributed by atoms with Crippen LogP contribution in [0.25, 0.3) is 22.2 Å². The third-order valence-corrected chi connectivity index (χ3v) is 4.30. The SMILES string of the molecule is CCn1c(=O)c(-c2ccccc2C)cc2cnc(SC)nc21. The van der Waals surface area contributed by atoms with Crippen LogP contribution >= 0.6 is 11.8 Å². The Morgan fingerprint density at radius 3 is 2.68 bits per heavy atom. The van der Waals surface area contributed by atoms with Crippen LogP contribution in [-0.4, -0.2) is 20.8 Å². The highest BCUT2D eigenvalue weighted by Crippen LogP contribution is 2.23. The second-order valence-corrected chi connectivity index (χ2v) is 5.83. The van der Waals surface area contributed by atoms with Crippen molar-refractivity contribution in [3.05, 3.63) is 52.4 Å². The van der Waals surface area contributed by atoms with Gasteiger partial charge in [-0.25, -0.2) is 9.97 Å². The molecule has 3 rings (SSSR count). The lowest BCUT2D eigenvalue weighted by molar-refractivity contribution is 0.743. The average Bonchev–Trinajstić information content (AvgIpc) is 2.54. The van der Waals surface area contributed by atoms with Gasteiger partial charge in [0.1, 0.15) is 5.65 Å². The summed E-state index contributed by atoms with van der Waals surface area (Å²) in [6, 6.07) is 9.83. The number of nitrogens with zero attached hydrogens (tertiary/aromatic N) is 3. The fraction of sp³-hybridized carbons (Fsp3) is 0.235. The van der Waals surface area contributed by atoms with Gasteiger partial charge >= 0.3 is 0 Å². The molecular weight excluding hydrogens is 294 g/mol. The Morgan fingerprint density at radius 1 is 1.23 bits per heavy atom. The maximum Gasteiger partial charge on any atom is 0.260 e. The van der Waals surface area contributed by atoms with E-state index in [1.807, 2.05) is 50.4 Å². The number of aryl methyl sites for hydroxylation is 2. The van der Waals surface area contributed by atoms with Crippen LogP contribution in [0.4, 0.5) is 0 Å². The van der Waals surface area contributed by atoms with E-state index in [9.17, 15) is 4.79 Å². The Morgan fingerprint density at radius 2 is 2.00 bits per heavy atom. The maximum atomic E-state index is 12.9. The highest BCUT2D eigenvalue weighted by Gasteiger charge is 2.13. The third-order valence-electron chi connectivity index (χ3n) is 3.74. The lowest BCUT2D eigenvalue weighted by atomic mass is 10.0. The first kappa shape index (κ1) is 14.8. The zero-order valence-electron chi connectivity index (χ0n) is 12.8. The lowest BCUT2D eigenvalue weighted by Gasteiger charge is -2.12. The summed E-state index contributed by atoms with van der Waals surface area (Å²) < 4.78 is 1.72. The number of hydrogen-bond donors (Lipinski definition) is 0.